The van der Waals surface area contributed by atoms with E-state index in [9.17, 15) is 27.2 Å². The van der Waals surface area contributed by atoms with E-state index in [0.29, 0.717) is 12.8 Å². The second-order valence-electron chi connectivity index (χ2n) is 4.83. The fourth-order valence-electron chi connectivity index (χ4n) is 2.30. The van der Waals surface area contributed by atoms with E-state index >= 15 is 0 Å². The van der Waals surface area contributed by atoms with Crippen molar-refractivity contribution in [3.8, 4) is 0 Å². The summed E-state index contributed by atoms with van der Waals surface area (Å²) in [7, 11) is 0. The van der Waals surface area contributed by atoms with Crippen LogP contribution in [0.4, 0.5) is 17.6 Å². The van der Waals surface area contributed by atoms with Gasteiger partial charge in [0.1, 0.15) is 5.56 Å². The molecule has 1 aliphatic rings. The summed E-state index contributed by atoms with van der Waals surface area (Å²) in [6.07, 6.45) is 1.13. The average molecular weight is 301 g/mol. The highest BCUT2D eigenvalue weighted by molar-refractivity contribution is 5.94. The number of pyridine rings is 1. The van der Waals surface area contributed by atoms with Crippen LogP contribution in [0.1, 0.15) is 34.8 Å². The Morgan fingerprint density at radius 2 is 1.62 bits per heavy atom. The van der Waals surface area contributed by atoms with Gasteiger partial charge >= 0.3 is 5.97 Å². The summed E-state index contributed by atoms with van der Waals surface area (Å²) in [5.74, 6) is -9.82. The molecule has 1 aromatic heterocycles. The minimum Gasteiger partial charge on any atom is -0.477 e. The first-order valence-electron chi connectivity index (χ1n) is 5.99. The number of carboxylic acid groups (broad SMARTS) is 1. The maximum atomic E-state index is 13.7. The number of nitrogens with one attached hydrogen (secondary N) is 1. The van der Waals surface area contributed by atoms with Crippen LogP contribution in [0.15, 0.2) is 4.79 Å². The number of carboxylic acids is 1. The maximum absolute atomic E-state index is 13.7. The van der Waals surface area contributed by atoms with Crippen LogP contribution < -0.4 is 5.43 Å². The van der Waals surface area contributed by atoms with E-state index in [4.69, 9.17) is 5.11 Å². The fourth-order valence-corrected chi connectivity index (χ4v) is 2.30. The van der Waals surface area contributed by atoms with Crippen LogP contribution in [0.2, 0.25) is 0 Å². The Hall–Kier alpha value is -2.38. The Morgan fingerprint density at radius 1 is 1.05 bits per heavy atom. The van der Waals surface area contributed by atoms with Crippen molar-refractivity contribution in [1.29, 1.82) is 0 Å². The van der Waals surface area contributed by atoms with E-state index in [0.717, 1.165) is 0 Å². The van der Waals surface area contributed by atoms with E-state index in [1.807, 2.05) is 0 Å². The van der Waals surface area contributed by atoms with E-state index in [1.165, 1.54) is 0 Å². The van der Waals surface area contributed by atoms with Gasteiger partial charge in [0.05, 0.1) is 10.9 Å². The number of halogens is 4. The van der Waals surface area contributed by atoms with Crippen LogP contribution in [0.5, 0.6) is 0 Å². The van der Waals surface area contributed by atoms with E-state index in [2.05, 4.69) is 4.98 Å². The molecule has 110 valence electrons. The summed E-state index contributed by atoms with van der Waals surface area (Å²) in [4.78, 5) is 25.5. The first-order chi connectivity index (χ1) is 9.84. The van der Waals surface area contributed by atoms with Crippen molar-refractivity contribution < 1.29 is 27.5 Å². The number of hydrogen-bond acceptors (Lipinski definition) is 2. The minimum atomic E-state index is -2.15. The molecule has 1 aromatic carbocycles. The van der Waals surface area contributed by atoms with Crippen molar-refractivity contribution in [1.82, 2.24) is 4.98 Å². The normalized spacial score (nSPS) is 14.7. The molecule has 0 radical (unpaired) electrons. The Bertz CT molecular complexity index is 855. The molecule has 0 bridgehead atoms. The van der Waals surface area contributed by atoms with E-state index < -0.39 is 51.1 Å². The Morgan fingerprint density at radius 3 is 2.14 bits per heavy atom. The highest BCUT2D eigenvalue weighted by Crippen LogP contribution is 2.41. The number of hydrogen-bond donors (Lipinski definition) is 2. The van der Waals surface area contributed by atoms with E-state index in [-0.39, 0.29) is 11.6 Å². The molecule has 4 nitrogen and oxygen atoms in total. The summed E-state index contributed by atoms with van der Waals surface area (Å²) in [6, 6.07) is 0. The highest BCUT2D eigenvalue weighted by Gasteiger charge is 2.34. The Balaban J connectivity index is 2.55. The van der Waals surface area contributed by atoms with Gasteiger partial charge < -0.3 is 10.1 Å². The monoisotopic (exact) mass is 301 g/mol. The minimum absolute atomic E-state index is 0.0932. The molecule has 8 heteroatoms. The third-order valence-electron chi connectivity index (χ3n) is 3.45. The SMILES string of the molecule is O=C(O)c1c(C2CC2)[nH]c2c(F)c(F)c(F)c(F)c2c1=O. The van der Waals surface area contributed by atoms with Crippen molar-refractivity contribution in [3.63, 3.8) is 0 Å². The zero-order chi connectivity index (χ0) is 15.5. The van der Waals surface area contributed by atoms with Gasteiger partial charge in [0.15, 0.2) is 23.3 Å². The molecule has 0 spiro atoms. The first kappa shape index (κ1) is 13.6. The topological polar surface area (TPSA) is 70.2 Å². The molecule has 2 aromatic rings. The molecular weight excluding hydrogens is 294 g/mol. The third-order valence-corrected chi connectivity index (χ3v) is 3.45. The number of fused-ring (bicyclic) bond motifs is 1. The fraction of sp³-hybridized carbons (Fsp3) is 0.231. The number of carbonyl (C=O) groups is 1. The number of aromatic nitrogens is 1. The van der Waals surface area contributed by atoms with Crippen LogP contribution in [0.3, 0.4) is 0 Å². The highest BCUT2D eigenvalue weighted by atomic mass is 19.2. The van der Waals surface area contributed by atoms with Crippen LogP contribution in [0.25, 0.3) is 10.9 Å². The van der Waals surface area contributed by atoms with E-state index in [1.54, 1.807) is 0 Å². The smallest absolute Gasteiger partial charge is 0.341 e. The van der Waals surface area contributed by atoms with Gasteiger partial charge in [0.25, 0.3) is 0 Å². The average Bonchev–Trinajstić information content (AvgIpc) is 3.25. The summed E-state index contributed by atoms with van der Waals surface area (Å²) in [5.41, 5.74) is -3.09. The van der Waals surface area contributed by atoms with Gasteiger partial charge in [-0.15, -0.1) is 0 Å². The van der Waals surface area contributed by atoms with Gasteiger partial charge in [-0.1, -0.05) is 0 Å². The second kappa shape index (κ2) is 4.31. The largest absolute Gasteiger partial charge is 0.477 e. The predicted molar refractivity (Wildman–Crippen MR) is 63.3 cm³/mol. The van der Waals surface area contributed by atoms with Gasteiger partial charge in [0, 0.05) is 11.6 Å². The number of benzene rings is 1. The molecule has 1 heterocycles. The summed E-state index contributed by atoms with van der Waals surface area (Å²) >= 11 is 0. The molecule has 2 N–H and O–H groups in total. The quantitative estimate of drug-likeness (QED) is 0.509. The van der Waals surface area contributed by atoms with Crippen molar-refractivity contribution in [2.45, 2.75) is 18.8 Å². The number of aromatic carboxylic acids is 1. The molecule has 0 aliphatic heterocycles. The first-order valence-corrected chi connectivity index (χ1v) is 5.99. The summed E-state index contributed by atoms with van der Waals surface area (Å²) in [5, 5.41) is 7.93. The molecule has 1 aliphatic carbocycles. The molecule has 21 heavy (non-hydrogen) atoms. The van der Waals surface area contributed by atoms with Gasteiger partial charge in [-0.2, -0.15) is 0 Å². The van der Waals surface area contributed by atoms with Crippen LogP contribution in [-0.2, 0) is 0 Å². The zero-order valence-corrected chi connectivity index (χ0v) is 10.3. The van der Waals surface area contributed by atoms with Gasteiger partial charge in [-0.25, -0.2) is 22.4 Å². The van der Waals surface area contributed by atoms with Crippen molar-refractivity contribution in [2.75, 3.05) is 0 Å². The molecular formula is C13H7F4NO3. The molecule has 0 amide bonds. The van der Waals surface area contributed by atoms with Gasteiger partial charge in [-0.3, -0.25) is 4.79 Å². The number of H-pyrrole nitrogens is 1. The molecule has 0 unspecified atom stereocenters. The Kier molecular flexibility index (Phi) is 2.79. The lowest BCUT2D eigenvalue weighted by Gasteiger charge is -2.10. The predicted octanol–water partition coefficient (Wildman–Crippen LogP) is 2.66. The van der Waals surface area contributed by atoms with Gasteiger partial charge in [0.2, 0.25) is 5.43 Å². The third kappa shape index (κ3) is 1.82. The molecule has 0 saturated heterocycles. The standard InChI is InChI=1S/C13H7F4NO3/c14-6-4-11(9(17)8(16)7(6)15)18-10(3-1-2-3)5(12(4)19)13(20)21/h3H,1-2H2,(H,18,19)(H,20,21). The van der Waals surface area contributed by atoms with Crippen molar-refractivity contribution in [3.05, 3.63) is 44.7 Å². The summed E-state index contributed by atoms with van der Waals surface area (Å²) < 4.78 is 53.9. The van der Waals surface area contributed by atoms with Crippen molar-refractivity contribution >= 4 is 16.9 Å². The lowest BCUT2D eigenvalue weighted by atomic mass is 10.0. The van der Waals surface area contributed by atoms with Gasteiger partial charge in [-0.05, 0) is 12.8 Å². The number of rotatable bonds is 2. The lowest BCUT2D eigenvalue weighted by Crippen LogP contribution is -2.22. The number of aromatic amines is 1. The van der Waals surface area contributed by atoms with Crippen molar-refractivity contribution in [2.24, 2.45) is 0 Å². The second-order valence-corrected chi connectivity index (χ2v) is 4.83. The molecule has 3 rings (SSSR count). The van der Waals surface area contributed by atoms with Crippen LogP contribution >= 0.6 is 0 Å². The van der Waals surface area contributed by atoms with Crippen LogP contribution in [0, 0.1) is 23.3 Å². The summed E-state index contributed by atoms with van der Waals surface area (Å²) in [6.45, 7) is 0. The van der Waals surface area contributed by atoms with Crippen LogP contribution in [-0.4, -0.2) is 16.1 Å². The zero-order valence-electron chi connectivity index (χ0n) is 10.3. The lowest BCUT2D eigenvalue weighted by molar-refractivity contribution is 0.0694. The Labute approximate surface area is 114 Å². The maximum Gasteiger partial charge on any atom is 0.341 e. The molecule has 1 saturated carbocycles. The molecule has 1 fully saturated rings. The molecule has 0 atom stereocenters.